The first kappa shape index (κ1) is 13.0. The molecule has 0 aliphatic heterocycles. The van der Waals surface area contributed by atoms with E-state index < -0.39 is 5.54 Å². The topological polar surface area (TPSA) is 80.9 Å². The molecule has 0 bridgehead atoms. The van der Waals surface area contributed by atoms with Gasteiger partial charge >= 0.3 is 0 Å². The van der Waals surface area contributed by atoms with Crippen molar-refractivity contribution in [1.29, 1.82) is 0 Å². The SMILES string of the molecule is Cc1cnc(CNC(=O)C2(N)CCCCC2)cn1. The van der Waals surface area contributed by atoms with Crippen LogP contribution in [-0.2, 0) is 11.3 Å². The van der Waals surface area contributed by atoms with E-state index in [1.54, 1.807) is 12.4 Å². The minimum Gasteiger partial charge on any atom is -0.349 e. The largest absolute Gasteiger partial charge is 0.349 e. The molecule has 0 saturated heterocycles. The lowest BCUT2D eigenvalue weighted by Gasteiger charge is -2.31. The van der Waals surface area contributed by atoms with Crippen LogP contribution in [0.5, 0.6) is 0 Å². The Morgan fingerprint density at radius 1 is 1.33 bits per heavy atom. The summed E-state index contributed by atoms with van der Waals surface area (Å²) in [5.74, 6) is -0.0652. The average Bonchev–Trinajstić information content (AvgIpc) is 2.38. The van der Waals surface area contributed by atoms with Crippen molar-refractivity contribution >= 4 is 5.91 Å². The van der Waals surface area contributed by atoms with Gasteiger partial charge in [0.05, 0.1) is 29.7 Å². The van der Waals surface area contributed by atoms with Gasteiger partial charge in [-0.2, -0.15) is 0 Å². The maximum absolute atomic E-state index is 12.1. The van der Waals surface area contributed by atoms with Crippen LogP contribution in [0.2, 0.25) is 0 Å². The molecular weight excluding hydrogens is 228 g/mol. The van der Waals surface area contributed by atoms with Crippen LogP contribution in [0.1, 0.15) is 43.5 Å². The monoisotopic (exact) mass is 248 g/mol. The Morgan fingerprint density at radius 3 is 2.67 bits per heavy atom. The van der Waals surface area contributed by atoms with Crippen LogP contribution in [0.3, 0.4) is 0 Å². The molecule has 0 radical (unpaired) electrons. The molecule has 0 atom stereocenters. The molecule has 1 aliphatic rings. The Labute approximate surface area is 107 Å². The maximum atomic E-state index is 12.1. The third kappa shape index (κ3) is 3.04. The van der Waals surface area contributed by atoms with Crippen molar-refractivity contribution in [2.24, 2.45) is 5.73 Å². The maximum Gasteiger partial charge on any atom is 0.240 e. The van der Waals surface area contributed by atoms with E-state index in [1.807, 2.05) is 6.92 Å². The fraction of sp³-hybridized carbons (Fsp3) is 0.615. The molecule has 1 aromatic rings. The highest BCUT2D eigenvalue weighted by atomic mass is 16.2. The molecule has 18 heavy (non-hydrogen) atoms. The molecular formula is C13H20N4O. The van der Waals surface area contributed by atoms with Gasteiger partial charge in [0.15, 0.2) is 0 Å². The molecule has 98 valence electrons. The number of carbonyl (C=O) groups is 1. The van der Waals surface area contributed by atoms with Crippen molar-refractivity contribution in [3.63, 3.8) is 0 Å². The molecule has 5 nitrogen and oxygen atoms in total. The van der Waals surface area contributed by atoms with Crippen molar-refractivity contribution in [3.8, 4) is 0 Å². The number of hydrogen-bond acceptors (Lipinski definition) is 4. The summed E-state index contributed by atoms with van der Waals surface area (Å²) >= 11 is 0. The Bertz CT molecular complexity index is 410. The van der Waals surface area contributed by atoms with Crippen molar-refractivity contribution in [2.45, 2.75) is 51.1 Å². The minimum atomic E-state index is -0.684. The number of aryl methyl sites for hydroxylation is 1. The van der Waals surface area contributed by atoms with Gasteiger partial charge in [0.2, 0.25) is 5.91 Å². The number of nitrogens with zero attached hydrogens (tertiary/aromatic N) is 2. The number of nitrogens with two attached hydrogens (primary N) is 1. The van der Waals surface area contributed by atoms with Crippen LogP contribution in [0, 0.1) is 6.92 Å². The molecule has 1 amide bonds. The first-order valence-corrected chi connectivity index (χ1v) is 6.45. The number of amides is 1. The molecule has 1 heterocycles. The predicted octanol–water partition coefficient (Wildman–Crippen LogP) is 1.06. The molecule has 1 saturated carbocycles. The van der Waals surface area contributed by atoms with Gasteiger partial charge in [-0.15, -0.1) is 0 Å². The zero-order valence-electron chi connectivity index (χ0n) is 10.8. The van der Waals surface area contributed by atoms with E-state index in [0.29, 0.717) is 6.54 Å². The van der Waals surface area contributed by atoms with Crippen LogP contribution in [-0.4, -0.2) is 21.4 Å². The Balaban J connectivity index is 1.89. The minimum absolute atomic E-state index is 0.0652. The van der Waals surface area contributed by atoms with E-state index in [4.69, 9.17) is 5.73 Å². The summed E-state index contributed by atoms with van der Waals surface area (Å²) in [6.45, 7) is 2.28. The van der Waals surface area contributed by atoms with E-state index in [-0.39, 0.29) is 5.91 Å². The van der Waals surface area contributed by atoms with E-state index in [9.17, 15) is 4.79 Å². The molecule has 1 fully saturated rings. The summed E-state index contributed by atoms with van der Waals surface area (Å²) in [5, 5.41) is 2.86. The number of rotatable bonds is 3. The number of aromatic nitrogens is 2. The summed E-state index contributed by atoms with van der Waals surface area (Å²) in [5.41, 5.74) is 7.08. The summed E-state index contributed by atoms with van der Waals surface area (Å²) < 4.78 is 0. The predicted molar refractivity (Wildman–Crippen MR) is 68.6 cm³/mol. The van der Waals surface area contributed by atoms with Gasteiger partial charge in [-0.25, -0.2) is 0 Å². The summed E-state index contributed by atoms with van der Waals surface area (Å²) in [4.78, 5) is 20.4. The van der Waals surface area contributed by atoms with Crippen molar-refractivity contribution < 1.29 is 4.79 Å². The van der Waals surface area contributed by atoms with Crippen molar-refractivity contribution in [1.82, 2.24) is 15.3 Å². The fourth-order valence-electron chi connectivity index (χ4n) is 2.27. The standard InChI is InChI=1S/C13H20N4O/c1-10-7-16-11(8-15-10)9-17-12(18)13(14)5-3-2-4-6-13/h7-8H,2-6,9,14H2,1H3,(H,17,18). The number of nitrogens with one attached hydrogen (secondary N) is 1. The Kier molecular flexibility index (Phi) is 3.91. The lowest BCUT2D eigenvalue weighted by Crippen LogP contribution is -2.54. The fourth-order valence-corrected chi connectivity index (χ4v) is 2.27. The molecule has 3 N–H and O–H groups in total. The zero-order chi connectivity index (χ0) is 13.0. The van der Waals surface area contributed by atoms with Crippen LogP contribution < -0.4 is 11.1 Å². The lowest BCUT2D eigenvalue weighted by molar-refractivity contribution is -0.127. The molecule has 0 aromatic carbocycles. The van der Waals surface area contributed by atoms with Crippen molar-refractivity contribution in [3.05, 3.63) is 23.8 Å². The Morgan fingerprint density at radius 2 is 2.06 bits per heavy atom. The molecule has 1 aliphatic carbocycles. The summed E-state index contributed by atoms with van der Waals surface area (Å²) in [6, 6.07) is 0. The average molecular weight is 248 g/mol. The molecule has 0 spiro atoms. The van der Waals surface area contributed by atoms with E-state index in [2.05, 4.69) is 15.3 Å². The van der Waals surface area contributed by atoms with Gasteiger partial charge in [0, 0.05) is 6.20 Å². The number of hydrogen-bond donors (Lipinski definition) is 2. The second kappa shape index (κ2) is 5.44. The normalized spacial score (nSPS) is 18.3. The second-order valence-electron chi connectivity index (χ2n) is 5.05. The van der Waals surface area contributed by atoms with Gasteiger partial charge in [-0.1, -0.05) is 19.3 Å². The lowest BCUT2D eigenvalue weighted by atomic mass is 9.82. The molecule has 1 aromatic heterocycles. The van der Waals surface area contributed by atoms with Gasteiger partial charge in [0.1, 0.15) is 0 Å². The van der Waals surface area contributed by atoms with Crippen LogP contribution in [0.15, 0.2) is 12.4 Å². The highest BCUT2D eigenvalue weighted by Gasteiger charge is 2.34. The molecule has 2 rings (SSSR count). The summed E-state index contributed by atoms with van der Waals surface area (Å²) in [7, 11) is 0. The van der Waals surface area contributed by atoms with Gasteiger partial charge in [-0.05, 0) is 19.8 Å². The van der Waals surface area contributed by atoms with Gasteiger partial charge < -0.3 is 11.1 Å². The summed E-state index contributed by atoms with van der Waals surface area (Å²) in [6.07, 6.45) is 8.18. The molecule has 0 unspecified atom stereocenters. The number of carbonyl (C=O) groups excluding carboxylic acids is 1. The van der Waals surface area contributed by atoms with E-state index in [1.165, 1.54) is 6.42 Å². The zero-order valence-corrected chi connectivity index (χ0v) is 10.8. The van der Waals surface area contributed by atoms with E-state index >= 15 is 0 Å². The third-order valence-electron chi connectivity index (χ3n) is 3.46. The van der Waals surface area contributed by atoms with Crippen LogP contribution in [0.4, 0.5) is 0 Å². The Hall–Kier alpha value is -1.49. The first-order chi connectivity index (χ1) is 8.60. The highest BCUT2D eigenvalue weighted by molar-refractivity contribution is 5.86. The molecule has 5 heteroatoms. The second-order valence-corrected chi connectivity index (χ2v) is 5.05. The van der Waals surface area contributed by atoms with Crippen LogP contribution in [0.25, 0.3) is 0 Å². The van der Waals surface area contributed by atoms with Gasteiger partial charge in [0.25, 0.3) is 0 Å². The van der Waals surface area contributed by atoms with E-state index in [0.717, 1.165) is 37.1 Å². The van der Waals surface area contributed by atoms with Crippen molar-refractivity contribution in [2.75, 3.05) is 0 Å². The van der Waals surface area contributed by atoms with Crippen LogP contribution >= 0.6 is 0 Å². The third-order valence-corrected chi connectivity index (χ3v) is 3.46. The van der Waals surface area contributed by atoms with Gasteiger partial charge in [-0.3, -0.25) is 14.8 Å². The highest BCUT2D eigenvalue weighted by Crippen LogP contribution is 2.25. The smallest absolute Gasteiger partial charge is 0.240 e. The quantitative estimate of drug-likeness (QED) is 0.838. The first-order valence-electron chi connectivity index (χ1n) is 6.45.